The van der Waals surface area contributed by atoms with Gasteiger partial charge in [0.25, 0.3) is 0 Å². The third-order valence-corrected chi connectivity index (χ3v) is 3.20. The van der Waals surface area contributed by atoms with Crippen LogP contribution in [-0.2, 0) is 19.6 Å². The molecule has 0 atom stereocenters. The van der Waals surface area contributed by atoms with Gasteiger partial charge in [-0.2, -0.15) is 0 Å². The number of fused-ring (bicyclic) bond motifs is 1. The minimum atomic E-state index is 0.931. The Morgan fingerprint density at radius 3 is 2.74 bits per heavy atom. The van der Waals surface area contributed by atoms with E-state index < -0.39 is 0 Å². The molecule has 0 saturated heterocycles. The maximum absolute atomic E-state index is 4.37. The van der Waals surface area contributed by atoms with E-state index in [0.29, 0.717) is 0 Å². The zero-order chi connectivity index (χ0) is 13.7. The van der Waals surface area contributed by atoms with Crippen LogP contribution >= 0.6 is 0 Å². The number of aromatic nitrogens is 3. The maximum atomic E-state index is 4.37. The van der Waals surface area contributed by atoms with E-state index in [1.165, 1.54) is 5.56 Å². The van der Waals surface area contributed by atoms with Gasteiger partial charge in [0, 0.05) is 43.9 Å². The zero-order valence-corrected chi connectivity index (χ0v) is 12.0. The fourth-order valence-electron chi connectivity index (χ4n) is 2.21. The average molecular weight is 258 g/mol. The molecule has 3 heterocycles. The molecular formula is C15H22N4. The summed E-state index contributed by atoms with van der Waals surface area (Å²) >= 11 is 0. The van der Waals surface area contributed by atoms with Crippen LogP contribution in [0.15, 0.2) is 30.7 Å². The molecule has 1 aliphatic rings. The topological polar surface area (TPSA) is 34.0 Å². The second kappa shape index (κ2) is 6.48. The first kappa shape index (κ1) is 13.7. The molecule has 102 valence electrons. The number of pyridine rings is 1. The third-order valence-electron chi connectivity index (χ3n) is 3.20. The van der Waals surface area contributed by atoms with Crippen molar-refractivity contribution in [2.45, 2.75) is 40.4 Å². The van der Waals surface area contributed by atoms with Gasteiger partial charge in [-0.1, -0.05) is 19.9 Å². The lowest BCUT2D eigenvalue weighted by Gasteiger charge is -2.27. The minimum absolute atomic E-state index is 0.931. The Bertz CT molecular complexity index is 501. The van der Waals surface area contributed by atoms with Crippen LogP contribution in [0.3, 0.4) is 0 Å². The van der Waals surface area contributed by atoms with Crippen LogP contribution in [0.2, 0.25) is 0 Å². The predicted octanol–water partition coefficient (Wildman–Crippen LogP) is 2.63. The molecule has 1 aliphatic heterocycles. The lowest BCUT2D eigenvalue weighted by Crippen LogP contribution is -2.33. The smallest absolute Gasteiger partial charge is 0.122 e. The maximum Gasteiger partial charge on any atom is 0.122 e. The quantitative estimate of drug-likeness (QED) is 0.830. The lowest BCUT2D eigenvalue weighted by molar-refractivity contribution is 0.208. The Morgan fingerprint density at radius 1 is 1.16 bits per heavy atom. The fraction of sp³-hybridized carbons (Fsp3) is 0.467. The molecule has 0 aliphatic carbocycles. The summed E-state index contributed by atoms with van der Waals surface area (Å²) in [6.45, 7) is 10.0. The highest BCUT2D eigenvalue weighted by Crippen LogP contribution is 2.13. The highest BCUT2D eigenvalue weighted by Gasteiger charge is 2.16. The third kappa shape index (κ3) is 3.41. The van der Waals surface area contributed by atoms with Crippen LogP contribution in [-0.4, -0.2) is 26.0 Å². The van der Waals surface area contributed by atoms with Crippen LogP contribution in [0.5, 0.6) is 0 Å². The summed E-state index contributed by atoms with van der Waals surface area (Å²) in [5.41, 5.74) is 2.35. The zero-order valence-electron chi connectivity index (χ0n) is 12.0. The van der Waals surface area contributed by atoms with Crippen molar-refractivity contribution in [1.82, 2.24) is 19.4 Å². The van der Waals surface area contributed by atoms with E-state index in [0.717, 1.165) is 37.7 Å². The van der Waals surface area contributed by atoms with Gasteiger partial charge in [-0.25, -0.2) is 4.98 Å². The monoisotopic (exact) mass is 258 g/mol. The summed E-state index contributed by atoms with van der Waals surface area (Å²) in [5.74, 6) is 1.16. The highest BCUT2D eigenvalue weighted by molar-refractivity contribution is 5.13. The van der Waals surface area contributed by atoms with Gasteiger partial charge >= 0.3 is 0 Å². The number of rotatable bonds is 2. The SMILES string of the molecule is CC.Cc1ccc(CN2CCn3ccnc3C2)cn1. The van der Waals surface area contributed by atoms with Gasteiger partial charge < -0.3 is 4.57 Å². The van der Waals surface area contributed by atoms with Crippen molar-refractivity contribution >= 4 is 0 Å². The predicted molar refractivity (Wildman–Crippen MR) is 76.7 cm³/mol. The van der Waals surface area contributed by atoms with Gasteiger partial charge in [-0.05, 0) is 18.6 Å². The Kier molecular flexibility index (Phi) is 4.68. The number of aryl methyl sites for hydroxylation is 1. The van der Waals surface area contributed by atoms with Crippen molar-refractivity contribution in [1.29, 1.82) is 0 Å². The molecule has 0 bridgehead atoms. The van der Waals surface area contributed by atoms with Crippen LogP contribution in [0, 0.1) is 6.92 Å². The summed E-state index contributed by atoms with van der Waals surface area (Å²) in [5, 5.41) is 0. The minimum Gasteiger partial charge on any atom is -0.333 e. The summed E-state index contributed by atoms with van der Waals surface area (Å²) < 4.78 is 2.23. The van der Waals surface area contributed by atoms with Crippen LogP contribution in [0.4, 0.5) is 0 Å². The van der Waals surface area contributed by atoms with E-state index in [2.05, 4.69) is 37.8 Å². The van der Waals surface area contributed by atoms with Crippen LogP contribution in [0.1, 0.15) is 30.9 Å². The highest BCUT2D eigenvalue weighted by atomic mass is 15.2. The summed E-state index contributed by atoms with van der Waals surface area (Å²) in [6.07, 6.45) is 5.91. The van der Waals surface area contributed by atoms with Gasteiger partial charge in [-0.3, -0.25) is 9.88 Å². The Balaban J connectivity index is 0.000000637. The van der Waals surface area contributed by atoms with Gasteiger partial charge in [0.1, 0.15) is 5.82 Å². The van der Waals surface area contributed by atoms with E-state index in [1.807, 2.05) is 33.2 Å². The summed E-state index contributed by atoms with van der Waals surface area (Å²) in [6, 6.07) is 4.23. The van der Waals surface area contributed by atoms with Crippen molar-refractivity contribution in [3.63, 3.8) is 0 Å². The molecule has 4 nitrogen and oxygen atoms in total. The van der Waals surface area contributed by atoms with Gasteiger partial charge in [0.2, 0.25) is 0 Å². The van der Waals surface area contributed by atoms with E-state index in [-0.39, 0.29) is 0 Å². The number of imidazole rings is 1. The van der Waals surface area contributed by atoms with E-state index in [4.69, 9.17) is 0 Å². The molecule has 0 saturated carbocycles. The molecular weight excluding hydrogens is 236 g/mol. The van der Waals surface area contributed by atoms with Gasteiger partial charge in [0.15, 0.2) is 0 Å². The van der Waals surface area contributed by atoms with Crippen molar-refractivity contribution in [2.24, 2.45) is 0 Å². The summed E-state index contributed by atoms with van der Waals surface area (Å²) in [4.78, 5) is 11.1. The first-order chi connectivity index (χ1) is 9.31. The molecule has 2 aromatic heterocycles. The van der Waals surface area contributed by atoms with Gasteiger partial charge in [0.05, 0.1) is 6.54 Å². The molecule has 0 unspecified atom stereocenters. The Hall–Kier alpha value is -1.68. The van der Waals surface area contributed by atoms with Crippen molar-refractivity contribution in [2.75, 3.05) is 6.54 Å². The molecule has 2 aromatic rings. The number of hydrogen-bond donors (Lipinski definition) is 0. The second-order valence-electron chi connectivity index (χ2n) is 4.56. The molecule has 0 aromatic carbocycles. The van der Waals surface area contributed by atoms with Crippen molar-refractivity contribution in [3.8, 4) is 0 Å². The number of nitrogens with zero attached hydrogens (tertiary/aromatic N) is 4. The Morgan fingerprint density at radius 2 is 2.00 bits per heavy atom. The molecule has 0 spiro atoms. The molecule has 3 rings (SSSR count). The summed E-state index contributed by atoms with van der Waals surface area (Å²) in [7, 11) is 0. The fourth-order valence-corrected chi connectivity index (χ4v) is 2.21. The molecule has 0 fully saturated rings. The normalized spacial score (nSPS) is 14.5. The number of hydrogen-bond acceptors (Lipinski definition) is 3. The molecule has 19 heavy (non-hydrogen) atoms. The van der Waals surface area contributed by atoms with Crippen molar-refractivity contribution < 1.29 is 0 Å². The Labute approximate surface area is 115 Å². The van der Waals surface area contributed by atoms with E-state index >= 15 is 0 Å². The molecule has 4 heteroatoms. The van der Waals surface area contributed by atoms with Crippen LogP contribution < -0.4 is 0 Å². The lowest BCUT2D eigenvalue weighted by atomic mass is 10.2. The van der Waals surface area contributed by atoms with E-state index in [1.54, 1.807) is 0 Å². The molecule has 0 radical (unpaired) electrons. The second-order valence-corrected chi connectivity index (χ2v) is 4.56. The average Bonchev–Trinajstić information content (AvgIpc) is 2.91. The standard InChI is InChI=1S/C13H16N4.C2H6/c1-11-2-3-12(8-15-11)9-16-6-7-17-5-4-14-13(17)10-16;1-2/h2-5,8H,6-7,9-10H2,1H3;1-2H3. The first-order valence-electron chi connectivity index (χ1n) is 6.95. The molecule has 0 amide bonds. The molecule has 0 N–H and O–H groups in total. The largest absolute Gasteiger partial charge is 0.333 e. The van der Waals surface area contributed by atoms with Crippen molar-refractivity contribution in [3.05, 3.63) is 47.8 Å². The van der Waals surface area contributed by atoms with Gasteiger partial charge in [-0.15, -0.1) is 0 Å². The first-order valence-corrected chi connectivity index (χ1v) is 6.95. The van der Waals surface area contributed by atoms with E-state index in [9.17, 15) is 0 Å². The van der Waals surface area contributed by atoms with Crippen LogP contribution in [0.25, 0.3) is 0 Å².